The van der Waals surface area contributed by atoms with E-state index in [0.29, 0.717) is 12.1 Å². The molecule has 0 fully saturated rings. The molecule has 0 saturated heterocycles. The third kappa shape index (κ3) is 5.64. The van der Waals surface area contributed by atoms with Crippen molar-refractivity contribution in [3.05, 3.63) is 72.1 Å². The predicted octanol–water partition coefficient (Wildman–Crippen LogP) is 4.15. The van der Waals surface area contributed by atoms with Gasteiger partial charge < -0.3 is 15.8 Å². The van der Waals surface area contributed by atoms with Gasteiger partial charge in [0.15, 0.2) is 0 Å². The van der Waals surface area contributed by atoms with Gasteiger partial charge in [-0.1, -0.05) is 43.7 Å². The lowest BCUT2D eigenvalue weighted by atomic mass is 9.97. The lowest BCUT2D eigenvalue weighted by Gasteiger charge is -2.16. The van der Waals surface area contributed by atoms with E-state index in [9.17, 15) is 9.59 Å². The number of hydrogen-bond acceptors (Lipinski definition) is 5. The molecule has 0 bridgehead atoms. The van der Waals surface area contributed by atoms with E-state index in [1.54, 1.807) is 12.4 Å². The average molecular weight is 405 g/mol. The predicted molar refractivity (Wildman–Crippen MR) is 118 cm³/mol. The zero-order valence-corrected chi connectivity index (χ0v) is 17.1. The number of aromatic nitrogens is 1. The van der Waals surface area contributed by atoms with Crippen LogP contribution in [0, 0.1) is 0 Å². The first-order valence-electron chi connectivity index (χ1n) is 10.2. The highest BCUT2D eigenvalue weighted by molar-refractivity contribution is 5.98. The standard InChI is InChI=1S/C24H27N3O3/c1-2-3-4-23(28)30-16-17-5-7-18(8-6-17)22(14-25)24(29)27-21-10-9-20-15-26-12-11-19(20)13-21/h5-13,15,22H,2-4,14,16,25H2,1H3,(H,27,29). The van der Waals surface area contributed by atoms with Crippen molar-refractivity contribution in [2.24, 2.45) is 5.73 Å². The topological polar surface area (TPSA) is 94.3 Å². The number of ether oxygens (including phenoxy) is 1. The van der Waals surface area contributed by atoms with Gasteiger partial charge in [0.2, 0.25) is 5.91 Å². The smallest absolute Gasteiger partial charge is 0.306 e. The van der Waals surface area contributed by atoms with Gasteiger partial charge in [-0.25, -0.2) is 0 Å². The summed E-state index contributed by atoms with van der Waals surface area (Å²) in [5.41, 5.74) is 8.31. The van der Waals surface area contributed by atoms with Crippen LogP contribution < -0.4 is 11.1 Å². The van der Waals surface area contributed by atoms with E-state index < -0.39 is 5.92 Å². The summed E-state index contributed by atoms with van der Waals surface area (Å²) in [6.45, 7) is 2.45. The highest BCUT2D eigenvalue weighted by Crippen LogP contribution is 2.22. The zero-order chi connectivity index (χ0) is 21.3. The molecule has 6 nitrogen and oxygen atoms in total. The van der Waals surface area contributed by atoms with Gasteiger partial charge in [0, 0.05) is 36.4 Å². The Kier molecular flexibility index (Phi) is 7.51. The van der Waals surface area contributed by atoms with Crippen LogP contribution in [0.4, 0.5) is 5.69 Å². The van der Waals surface area contributed by atoms with Gasteiger partial charge in [0.25, 0.3) is 0 Å². The minimum atomic E-state index is -0.473. The molecule has 6 heteroatoms. The molecular formula is C24H27N3O3. The molecule has 3 rings (SSSR count). The fraction of sp³-hybridized carbons (Fsp3) is 0.292. The van der Waals surface area contributed by atoms with Gasteiger partial charge in [-0.2, -0.15) is 0 Å². The normalized spacial score (nSPS) is 11.8. The SMILES string of the molecule is CCCCC(=O)OCc1ccc(C(CN)C(=O)Nc2ccc3cnccc3c2)cc1. The Balaban J connectivity index is 1.62. The number of nitrogens with zero attached hydrogens (tertiary/aromatic N) is 1. The molecule has 0 aliphatic carbocycles. The summed E-state index contributed by atoms with van der Waals surface area (Å²) >= 11 is 0. The molecule has 30 heavy (non-hydrogen) atoms. The minimum Gasteiger partial charge on any atom is -0.461 e. The molecule has 1 unspecified atom stereocenters. The number of carbonyl (C=O) groups excluding carboxylic acids is 2. The second-order valence-electron chi connectivity index (χ2n) is 7.22. The molecule has 1 amide bonds. The van der Waals surface area contributed by atoms with Crippen molar-refractivity contribution >= 4 is 28.3 Å². The molecule has 3 aromatic rings. The van der Waals surface area contributed by atoms with Gasteiger partial charge in [0.05, 0.1) is 5.92 Å². The summed E-state index contributed by atoms with van der Waals surface area (Å²) in [5, 5.41) is 4.96. The number of nitrogens with two attached hydrogens (primary N) is 1. The van der Waals surface area contributed by atoms with E-state index in [1.807, 2.05) is 55.5 Å². The van der Waals surface area contributed by atoms with Gasteiger partial charge in [-0.3, -0.25) is 14.6 Å². The lowest BCUT2D eigenvalue weighted by Crippen LogP contribution is -2.27. The second-order valence-corrected chi connectivity index (χ2v) is 7.22. The molecule has 0 aliphatic heterocycles. The molecule has 1 atom stereocenters. The number of rotatable bonds is 9. The van der Waals surface area contributed by atoms with Crippen molar-refractivity contribution in [1.82, 2.24) is 4.98 Å². The maximum absolute atomic E-state index is 12.8. The van der Waals surface area contributed by atoms with Crippen LogP contribution in [-0.4, -0.2) is 23.4 Å². The second kappa shape index (κ2) is 10.5. The number of hydrogen-bond donors (Lipinski definition) is 2. The highest BCUT2D eigenvalue weighted by Gasteiger charge is 2.19. The fourth-order valence-electron chi connectivity index (χ4n) is 3.19. The molecule has 1 aromatic heterocycles. The number of fused-ring (bicyclic) bond motifs is 1. The monoisotopic (exact) mass is 405 g/mol. The highest BCUT2D eigenvalue weighted by atomic mass is 16.5. The molecular weight excluding hydrogens is 378 g/mol. The van der Waals surface area contributed by atoms with Crippen LogP contribution in [0.1, 0.15) is 43.2 Å². The van der Waals surface area contributed by atoms with E-state index in [0.717, 1.165) is 34.7 Å². The van der Waals surface area contributed by atoms with Crippen molar-refractivity contribution in [3.63, 3.8) is 0 Å². The van der Waals surface area contributed by atoms with E-state index in [4.69, 9.17) is 10.5 Å². The van der Waals surface area contributed by atoms with E-state index in [2.05, 4.69) is 10.3 Å². The van der Waals surface area contributed by atoms with Crippen molar-refractivity contribution < 1.29 is 14.3 Å². The van der Waals surface area contributed by atoms with Crippen molar-refractivity contribution in [3.8, 4) is 0 Å². The molecule has 0 spiro atoms. The Bertz CT molecular complexity index is 1000. The largest absolute Gasteiger partial charge is 0.461 e. The summed E-state index contributed by atoms with van der Waals surface area (Å²) in [6.07, 6.45) is 5.74. The molecule has 1 heterocycles. The molecule has 0 aliphatic rings. The van der Waals surface area contributed by atoms with E-state index >= 15 is 0 Å². The van der Waals surface area contributed by atoms with E-state index in [1.165, 1.54) is 0 Å². The maximum Gasteiger partial charge on any atom is 0.306 e. The fourth-order valence-corrected chi connectivity index (χ4v) is 3.19. The van der Waals surface area contributed by atoms with Gasteiger partial charge >= 0.3 is 5.97 Å². The van der Waals surface area contributed by atoms with Crippen molar-refractivity contribution in [1.29, 1.82) is 0 Å². The first-order valence-corrected chi connectivity index (χ1v) is 10.2. The summed E-state index contributed by atoms with van der Waals surface area (Å²) < 4.78 is 5.27. The Labute approximate surface area is 176 Å². The van der Waals surface area contributed by atoms with Gasteiger partial charge in [0.1, 0.15) is 6.61 Å². The zero-order valence-electron chi connectivity index (χ0n) is 17.1. The molecule has 0 saturated carbocycles. The van der Waals surface area contributed by atoms with Gasteiger partial charge in [-0.15, -0.1) is 0 Å². The average Bonchev–Trinajstić information content (AvgIpc) is 2.77. The van der Waals surface area contributed by atoms with Crippen LogP contribution >= 0.6 is 0 Å². The quantitative estimate of drug-likeness (QED) is 0.522. The van der Waals surface area contributed by atoms with Crippen LogP contribution in [0.3, 0.4) is 0 Å². The lowest BCUT2D eigenvalue weighted by molar-refractivity contribution is -0.145. The summed E-state index contributed by atoms with van der Waals surface area (Å²) in [6, 6.07) is 15.0. The molecule has 2 aromatic carbocycles. The summed E-state index contributed by atoms with van der Waals surface area (Å²) in [4.78, 5) is 28.6. The molecule has 156 valence electrons. The number of unbranched alkanes of at least 4 members (excludes halogenated alkanes) is 1. The van der Waals surface area contributed by atoms with Crippen LogP contribution in [0.2, 0.25) is 0 Å². The van der Waals surface area contributed by atoms with E-state index in [-0.39, 0.29) is 25.0 Å². The third-order valence-electron chi connectivity index (χ3n) is 4.98. The number of pyridine rings is 1. The number of amides is 1. The van der Waals surface area contributed by atoms with Crippen molar-refractivity contribution in [2.75, 3.05) is 11.9 Å². The maximum atomic E-state index is 12.8. The molecule has 0 radical (unpaired) electrons. The minimum absolute atomic E-state index is 0.162. The first-order chi connectivity index (χ1) is 14.6. The summed E-state index contributed by atoms with van der Waals surface area (Å²) in [5.74, 6) is -0.824. The van der Waals surface area contributed by atoms with Crippen molar-refractivity contribution in [2.45, 2.75) is 38.7 Å². The Morgan fingerprint density at radius 3 is 2.63 bits per heavy atom. The van der Waals surface area contributed by atoms with Crippen LogP contribution in [0.5, 0.6) is 0 Å². The van der Waals surface area contributed by atoms with Crippen LogP contribution in [0.25, 0.3) is 10.8 Å². The number of anilines is 1. The Morgan fingerprint density at radius 2 is 1.90 bits per heavy atom. The Hall–Kier alpha value is -3.25. The number of benzene rings is 2. The number of nitrogens with one attached hydrogen (secondary N) is 1. The van der Waals surface area contributed by atoms with Gasteiger partial charge in [-0.05, 0) is 41.1 Å². The Morgan fingerprint density at radius 1 is 1.10 bits per heavy atom. The first kappa shape index (κ1) is 21.5. The number of esters is 1. The summed E-state index contributed by atoms with van der Waals surface area (Å²) in [7, 11) is 0. The number of carbonyl (C=O) groups is 2. The van der Waals surface area contributed by atoms with Crippen LogP contribution in [0.15, 0.2) is 60.9 Å². The molecule has 3 N–H and O–H groups in total. The van der Waals surface area contributed by atoms with Crippen LogP contribution in [-0.2, 0) is 20.9 Å². The third-order valence-corrected chi connectivity index (χ3v) is 4.98.